The quantitative estimate of drug-likeness (QED) is 0.0768. The summed E-state index contributed by atoms with van der Waals surface area (Å²) in [5.74, 6) is -2.57. The zero-order chi connectivity index (χ0) is 37.3. The molecular formula is C46H30O7Po. The van der Waals surface area contributed by atoms with Crippen molar-refractivity contribution in [1.82, 2.24) is 0 Å². The normalized spacial score (nSPS) is 12.1. The third-order valence-electron chi connectivity index (χ3n) is 11.1. The molecule has 0 radical (unpaired) electrons. The van der Waals surface area contributed by atoms with Gasteiger partial charge in [0.15, 0.2) is 0 Å². The summed E-state index contributed by atoms with van der Waals surface area (Å²) in [6, 6.07) is 33.4. The maximum atomic E-state index is 12.1. The van der Waals surface area contributed by atoms with Crippen LogP contribution in [0, 0.1) is 13.8 Å². The molecule has 262 valence electrons. The van der Waals surface area contributed by atoms with Crippen molar-refractivity contribution in [3.05, 3.63) is 114 Å². The maximum absolute atomic E-state index is 12.1. The van der Waals surface area contributed by atoms with Crippen LogP contribution in [0.15, 0.2) is 108 Å². The van der Waals surface area contributed by atoms with E-state index >= 15 is 0 Å². The molecule has 8 heteroatoms. The summed E-state index contributed by atoms with van der Waals surface area (Å²) in [5.41, 5.74) is 5.21. The van der Waals surface area contributed by atoms with Gasteiger partial charge in [0.2, 0.25) is 0 Å². The SMILES string of the molecule is Cc1c(O)c2c(-c3ccc(-c4cccc5ccccc45)c[c]3[PoH])c(O)c(O)c3c(O)c(C)c4c(-c5cccc6c5oc5ccccc56)c(O)c(O)c1c4c32. The Hall–Kier alpha value is -6.22. The number of aryl methyl sites for hydroxylation is 2. The molecule has 9 aromatic carbocycles. The number of fused-ring (bicyclic) bond motifs is 4. The summed E-state index contributed by atoms with van der Waals surface area (Å²) in [6.07, 6.45) is 0. The number of benzene rings is 9. The molecule has 1 heterocycles. The van der Waals surface area contributed by atoms with Gasteiger partial charge in [-0.15, -0.1) is 0 Å². The molecule has 7 nitrogen and oxygen atoms in total. The first-order valence-corrected chi connectivity index (χ1v) is 19.1. The predicted octanol–water partition coefficient (Wildman–Crippen LogP) is 10.0. The average Bonchev–Trinajstić information content (AvgIpc) is 3.57. The molecule has 10 aromatic rings. The van der Waals surface area contributed by atoms with Gasteiger partial charge in [0.1, 0.15) is 0 Å². The second kappa shape index (κ2) is 11.4. The van der Waals surface area contributed by atoms with Crippen LogP contribution < -0.4 is 3.22 Å². The number of hydrogen-bond acceptors (Lipinski definition) is 7. The molecular weight excluding hydrogens is 873 g/mol. The fourth-order valence-corrected chi connectivity index (χ4v) is 9.89. The van der Waals surface area contributed by atoms with Crippen LogP contribution in [0.1, 0.15) is 11.1 Å². The molecule has 0 saturated carbocycles. The molecule has 6 N–H and O–H groups in total. The third-order valence-corrected chi connectivity index (χ3v) is 12.6. The first kappa shape index (κ1) is 32.4. The van der Waals surface area contributed by atoms with Gasteiger partial charge in [0.25, 0.3) is 0 Å². The molecule has 0 aliphatic rings. The number of para-hydroxylation sites is 2. The second-order valence-electron chi connectivity index (χ2n) is 13.9. The second-order valence-corrected chi connectivity index (χ2v) is 15.8. The van der Waals surface area contributed by atoms with Gasteiger partial charge < -0.3 is 0 Å². The summed E-state index contributed by atoms with van der Waals surface area (Å²) in [5, 5.41) is 76.7. The molecule has 0 saturated heterocycles. The number of rotatable bonds is 3. The number of phenols is 6. The molecule has 0 spiro atoms. The Balaban J connectivity index is 1.34. The van der Waals surface area contributed by atoms with Crippen molar-refractivity contribution < 1.29 is 35.1 Å². The van der Waals surface area contributed by atoms with Crippen molar-refractivity contribution in [2.75, 3.05) is 0 Å². The van der Waals surface area contributed by atoms with Crippen LogP contribution in [-0.4, -0.2) is 55.7 Å². The molecule has 0 aliphatic heterocycles. The fourth-order valence-electron chi connectivity index (χ4n) is 8.62. The standard InChI is InChI=1S/C46H29O7.Po.H/c1-21-32-35(30-15-8-14-29-28-12-5-6-16-31(28)53-46(29)30)44(51)42(49)33-22(2)40(47)38-34(43(50)45(52)39(41(21)48)37(38)36(32)33)25-19-17-24(18-20-25)27-13-7-10-23-9-3-4-11-26(23)27;;/h3-19,47-52H,1-2H3;;. The number of hydrogen-bond donors (Lipinski definition) is 6. The van der Waals surface area contributed by atoms with Gasteiger partial charge in [0, 0.05) is 0 Å². The first-order valence-electron chi connectivity index (χ1n) is 17.4. The van der Waals surface area contributed by atoms with Gasteiger partial charge in [-0.1, -0.05) is 18.2 Å². The first-order chi connectivity index (χ1) is 26.1. The minimum atomic E-state index is -0.561. The van der Waals surface area contributed by atoms with Gasteiger partial charge in [-0.3, -0.25) is 0 Å². The summed E-state index contributed by atoms with van der Waals surface area (Å²) in [4.78, 5) is 0. The zero-order valence-electron chi connectivity index (χ0n) is 28.9. The predicted molar refractivity (Wildman–Crippen MR) is 217 cm³/mol. The van der Waals surface area contributed by atoms with E-state index in [1.807, 2.05) is 66.7 Å². The number of phenolic OH excluding ortho intramolecular Hbond substituents is 6. The Morgan fingerprint density at radius 1 is 0.444 bits per heavy atom. The summed E-state index contributed by atoms with van der Waals surface area (Å²) >= 11 is 0.817. The van der Waals surface area contributed by atoms with Gasteiger partial charge in [-0.05, 0) is 6.07 Å². The molecule has 0 bridgehead atoms. The van der Waals surface area contributed by atoms with Crippen molar-refractivity contribution in [2.24, 2.45) is 0 Å². The Labute approximate surface area is 322 Å². The Morgan fingerprint density at radius 2 is 1.02 bits per heavy atom. The van der Waals surface area contributed by atoms with Crippen LogP contribution in [-0.2, 0) is 0 Å². The Kier molecular flexibility index (Phi) is 6.84. The van der Waals surface area contributed by atoms with Crippen LogP contribution >= 0.6 is 0 Å². The van der Waals surface area contributed by atoms with Crippen molar-refractivity contribution in [1.29, 1.82) is 0 Å². The van der Waals surface area contributed by atoms with E-state index in [4.69, 9.17) is 4.42 Å². The van der Waals surface area contributed by atoms with E-state index in [-0.39, 0.29) is 49.7 Å². The summed E-state index contributed by atoms with van der Waals surface area (Å²) in [6.45, 7) is 3.29. The van der Waals surface area contributed by atoms with Crippen molar-refractivity contribution in [3.8, 4) is 67.9 Å². The van der Waals surface area contributed by atoms with E-state index in [9.17, 15) is 30.6 Å². The van der Waals surface area contributed by atoms with Gasteiger partial charge in [-0.25, -0.2) is 0 Å². The topological polar surface area (TPSA) is 135 Å². The molecule has 0 fully saturated rings. The van der Waals surface area contributed by atoms with Crippen molar-refractivity contribution in [3.63, 3.8) is 0 Å². The van der Waals surface area contributed by atoms with E-state index in [1.54, 1.807) is 19.9 Å². The van der Waals surface area contributed by atoms with Gasteiger partial charge in [-0.2, -0.15) is 0 Å². The minimum absolute atomic E-state index is 0.0747. The van der Waals surface area contributed by atoms with Crippen LogP contribution in [0.4, 0.5) is 0 Å². The van der Waals surface area contributed by atoms with E-state index < -0.39 is 23.0 Å². The van der Waals surface area contributed by atoms with Crippen molar-refractivity contribution >= 4 is 93.3 Å². The fraction of sp³-hybridized carbons (Fsp3) is 0.0435. The molecule has 0 amide bonds. The molecule has 0 atom stereocenters. The molecule has 1 aromatic heterocycles. The number of aromatic hydroxyl groups is 6. The van der Waals surface area contributed by atoms with Crippen LogP contribution in [0.5, 0.6) is 34.5 Å². The number of furan rings is 1. The third kappa shape index (κ3) is 4.15. The van der Waals surface area contributed by atoms with Crippen molar-refractivity contribution in [2.45, 2.75) is 13.8 Å². The molecule has 10 rings (SSSR count). The van der Waals surface area contributed by atoms with E-state index in [2.05, 4.69) is 30.3 Å². The van der Waals surface area contributed by atoms with E-state index in [0.717, 1.165) is 61.0 Å². The zero-order valence-corrected chi connectivity index (χ0v) is 32.3. The molecule has 54 heavy (non-hydrogen) atoms. The van der Waals surface area contributed by atoms with Gasteiger partial charge in [0.05, 0.1) is 0 Å². The molecule has 0 unspecified atom stereocenters. The monoisotopic (exact) mass is 903 g/mol. The Morgan fingerprint density at radius 3 is 1.80 bits per heavy atom. The van der Waals surface area contributed by atoms with E-state index in [0.29, 0.717) is 38.6 Å². The van der Waals surface area contributed by atoms with Gasteiger partial charge >= 0.3 is 300 Å². The van der Waals surface area contributed by atoms with Crippen LogP contribution in [0.3, 0.4) is 0 Å². The average molecular weight is 904 g/mol. The summed E-state index contributed by atoms with van der Waals surface area (Å²) < 4.78 is 7.24. The summed E-state index contributed by atoms with van der Waals surface area (Å²) in [7, 11) is 0. The van der Waals surface area contributed by atoms with E-state index in [1.165, 1.54) is 0 Å². The Bertz CT molecular complexity index is 3260. The van der Waals surface area contributed by atoms with Crippen LogP contribution in [0.2, 0.25) is 0 Å². The van der Waals surface area contributed by atoms with Crippen LogP contribution in [0.25, 0.3) is 98.4 Å². The molecule has 0 aliphatic carbocycles.